The zero-order chi connectivity index (χ0) is 25.8. The van der Waals surface area contributed by atoms with Crippen LogP contribution < -0.4 is 24.3 Å². The number of hydrogen-bond acceptors (Lipinski definition) is 6. The molecule has 36 heavy (non-hydrogen) atoms. The van der Waals surface area contributed by atoms with Crippen molar-refractivity contribution >= 4 is 17.6 Å². The smallest absolute Gasteiger partial charge is 0.416 e. The second-order valence-electron chi connectivity index (χ2n) is 8.10. The summed E-state index contributed by atoms with van der Waals surface area (Å²) in [5.74, 6) is -1.59. The molecule has 0 saturated heterocycles. The number of methoxy groups -OCH3 is 2. The van der Waals surface area contributed by atoms with E-state index in [0.717, 1.165) is 12.1 Å². The third-order valence-electron chi connectivity index (χ3n) is 6.10. The molecule has 2 aliphatic heterocycles. The number of carbonyl (C=O) groups excluding carboxylic acids is 1. The minimum atomic E-state index is -4.61. The number of nitrogens with zero attached hydrogens (tertiary/aromatic N) is 1. The van der Waals surface area contributed by atoms with E-state index in [1.54, 1.807) is 6.07 Å². The third kappa shape index (κ3) is 3.65. The fourth-order valence-corrected chi connectivity index (χ4v) is 4.60. The summed E-state index contributed by atoms with van der Waals surface area (Å²) in [5, 5.41) is 12.4. The van der Waals surface area contributed by atoms with Gasteiger partial charge < -0.3 is 33.9 Å². The van der Waals surface area contributed by atoms with Crippen molar-refractivity contribution in [2.45, 2.75) is 18.5 Å². The highest BCUT2D eigenvalue weighted by atomic mass is 19.4. The minimum absolute atomic E-state index is 0.0140. The summed E-state index contributed by atoms with van der Waals surface area (Å²) in [4.78, 5) is 24.8. The van der Waals surface area contributed by atoms with E-state index >= 15 is 0 Å². The van der Waals surface area contributed by atoms with Gasteiger partial charge in [-0.05, 0) is 24.3 Å². The quantitative estimate of drug-likeness (QED) is 0.530. The number of rotatable bonds is 5. The number of fused-ring (bicyclic) bond motifs is 2. The van der Waals surface area contributed by atoms with Crippen molar-refractivity contribution in [2.75, 3.05) is 26.3 Å². The van der Waals surface area contributed by atoms with Crippen molar-refractivity contribution in [3.63, 3.8) is 0 Å². The second kappa shape index (κ2) is 8.40. The predicted molar refractivity (Wildman–Crippen MR) is 118 cm³/mol. The summed E-state index contributed by atoms with van der Waals surface area (Å²) in [6.07, 6.45) is -3.56. The molecule has 0 saturated carbocycles. The molecule has 2 aromatic carbocycles. The van der Waals surface area contributed by atoms with Crippen LogP contribution in [-0.4, -0.2) is 42.6 Å². The highest BCUT2D eigenvalue weighted by Crippen LogP contribution is 2.54. The minimum Gasteiger partial charge on any atom is -0.492 e. The van der Waals surface area contributed by atoms with Gasteiger partial charge in [0.2, 0.25) is 24.2 Å². The van der Waals surface area contributed by atoms with Gasteiger partial charge in [0.1, 0.15) is 5.56 Å². The van der Waals surface area contributed by atoms with Gasteiger partial charge in [0.15, 0.2) is 11.5 Å². The summed E-state index contributed by atoms with van der Waals surface area (Å²) in [7, 11) is 2.79. The number of amides is 1. The Hall–Kier alpha value is -4.35. The molecular weight excluding hydrogens is 485 g/mol. The van der Waals surface area contributed by atoms with Crippen molar-refractivity contribution < 1.29 is 46.8 Å². The van der Waals surface area contributed by atoms with Gasteiger partial charge in [-0.1, -0.05) is 6.07 Å². The summed E-state index contributed by atoms with van der Waals surface area (Å²) < 4.78 is 63.7. The summed E-state index contributed by atoms with van der Waals surface area (Å²) in [5.41, 5.74) is -0.435. The number of halogens is 3. The first-order chi connectivity index (χ1) is 17.1. The number of nitrogens with one attached hydrogen (secondary N) is 1. The SMILES string of the molecule is COc1c(C2CC(=O)Nc3c(C(=O)O)cn(-c4cccc(C(F)(F)F)c4)c32)cc2c(c1OC)OCO2. The highest BCUT2D eigenvalue weighted by molar-refractivity contribution is 6.04. The van der Waals surface area contributed by atoms with Crippen LogP contribution in [0, 0.1) is 0 Å². The van der Waals surface area contributed by atoms with E-state index in [2.05, 4.69) is 5.32 Å². The Morgan fingerprint density at radius 1 is 1.17 bits per heavy atom. The molecule has 1 aromatic heterocycles. The Morgan fingerprint density at radius 3 is 2.58 bits per heavy atom. The normalized spacial score (nSPS) is 16.4. The lowest BCUT2D eigenvalue weighted by Gasteiger charge is -2.28. The van der Waals surface area contributed by atoms with Crippen molar-refractivity contribution in [2.24, 2.45) is 0 Å². The summed E-state index contributed by atoms with van der Waals surface area (Å²) >= 11 is 0. The van der Waals surface area contributed by atoms with Crippen molar-refractivity contribution in [1.29, 1.82) is 0 Å². The standard InChI is InChI=1S/C24H19F3N2O7/c1-33-20-14(7-16-21(22(20)34-2)36-10-35-16)13-8-17(30)28-18-15(23(31)32)9-29(19(13)18)12-5-3-4-11(6-12)24(25,26)27/h3-7,9,13H,8,10H2,1-2H3,(H,28,30)(H,31,32). The predicted octanol–water partition coefficient (Wildman–Crippen LogP) is 4.41. The van der Waals surface area contributed by atoms with Gasteiger partial charge in [-0.25, -0.2) is 4.79 Å². The molecular formula is C24H19F3N2O7. The lowest BCUT2D eigenvalue weighted by Crippen LogP contribution is -2.26. The Bertz CT molecular complexity index is 1400. The van der Waals surface area contributed by atoms with Gasteiger partial charge in [0.25, 0.3) is 0 Å². The monoisotopic (exact) mass is 504 g/mol. The average molecular weight is 504 g/mol. The van der Waals surface area contributed by atoms with Crippen molar-refractivity contribution in [3.8, 4) is 28.7 Å². The number of aromatic carboxylic acids is 1. The Morgan fingerprint density at radius 2 is 1.92 bits per heavy atom. The molecule has 0 spiro atoms. The van der Waals surface area contributed by atoms with Crippen molar-refractivity contribution in [3.05, 3.63) is 58.9 Å². The molecule has 2 aliphatic rings. The van der Waals surface area contributed by atoms with Gasteiger partial charge in [-0.3, -0.25) is 4.79 Å². The number of alkyl halides is 3. The number of hydrogen-bond donors (Lipinski definition) is 2. The maximum absolute atomic E-state index is 13.4. The largest absolute Gasteiger partial charge is 0.492 e. The molecule has 3 heterocycles. The molecule has 1 unspecified atom stereocenters. The van der Waals surface area contributed by atoms with E-state index < -0.39 is 29.5 Å². The lowest BCUT2D eigenvalue weighted by atomic mass is 9.87. The van der Waals surface area contributed by atoms with E-state index in [4.69, 9.17) is 18.9 Å². The van der Waals surface area contributed by atoms with E-state index in [0.29, 0.717) is 17.1 Å². The highest BCUT2D eigenvalue weighted by Gasteiger charge is 2.39. The zero-order valence-corrected chi connectivity index (χ0v) is 18.9. The number of anilines is 1. The number of carboxylic acid groups (broad SMARTS) is 1. The second-order valence-corrected chi connectivity index (χ2v) is 8.10. The van der Waals surface area contributed by atoms with Crippen molar-refractivity contribution in [1.82, 2.24) is 4.57 Å². The van der Waals surface area contributed by atoms with E-state index in [9.17, 15) is 27.9 Å². The van der Waals surface area contributed by atoms with Crippen LogP contribution in [0.5, 0.6) is 23.0 Å². The van der Waals surface area contributed by atoms with E-state index in [1.807, 2.05) is 0 Å². The van der Waals surface area contributed by atoms with Crippen LogP contribution in [0.1, 0.15) is 39.5 Å². The van der Waals surface area contributed by atoms with E-state index in [1.165, 1.54) is 37.1 Å². The molecule has 0 fully saturated rings. The van der Waals surface area contributed by atoms with E-state index in [-0.39, 0.29) is 47.3 Å². The Kier molecular flexibility index (Phi) is 5.46. The fraction of sp³-hybridized carbons (Fsp3) is 0.250. The van der Waals surface area contributed by atoms with Gasteiger partial charge in [-0.2, -0.15) is 13.2 Å². The summed E-state index contributed by atoms with van der Waals surface area (Å²) in [6, 6.07) is 6.08. The zero-order valence-electron chi connectivity index (χ0n) is 18.9. The molecule has 0 bridgehead atoms. The topological polar surface area (TPSA) is 108 Å². The van der Waals surface area contributed by atoms with Crippen LogP contribution in [-0.2, 0) is 11.0 Å². The number of benzene rings is 2. The molecule has 3 aromatic rings. The van der Waals surface area contributed by atoms with Gasteiger partial charge in [0.05, 0.1) is 31.2 Å². The first-order valence-electron chi connectivity index (χ1n) is 10.6. The number of ether oxygens (including phenoxy) is 4. The van der Waals surface area contributed by atoms with Crippen LogP contribution in [0.2, 0.25) is 0 Å². The van der Waals surface area contributed by atoms with Crippen LogP contribution in [0.4, 0.5) is 18.9 Å². The number of carbonyl (C=O) groups is 2. The van der Waals surface area contributed by atoms with Gasteiger partial charge in [-0.15, -0.1) is 0 Å². The van der Waals surface area contributed by atoms with Gasteiger partial charge in [0, 0.05) is 29.8 Å². The molecule has 0 radical (unpaired) electrons. The lowest BCUT2D eigenvalue weighted by molar-refractivity contribution is -0.137. The first kappa shape index (κ1) is 23.4. The van der Waals surface area contributed by atoms with Gasteiger partial charge >= 0.3 is 12.1 Å². The van der Waals surface area contributed by atoms with Crippen LogP contribution in [0.15, 0.2) is 36.5 Å². The number of carboxylic acids is 1. The third-order valence-corrected chi connectivity index (χ3v) is 6.10. The molecule has 9 nitrogen and oxygen atoms in total. The van der Waals surface area contributed by atoms with Crippen LogP contribution in [0.3, 0.4) is 0 Å². The molecule has 0 aliphatic carbocycles. The Balaban J connectivity index is 1.79. The number of aromatic nitrogens is 1. The average Bonchev–Trinajstić information content (AvgIpc) is 3.46. The molecule has 5 rings (SSSR count). The molecule has 1 atom stereocenters. The molecule has 12 heteroatoms. The summed E-state index contributed by atoms with van der Waals surface area (Å²) in [6.45, 7) is -0.0710. The first-order valence-corrected chi connectivity index (χ1v) is 10.6. The molecule has 188 valence electrons. The maximum atomic E-state index is 13.4. The van der Waals surface area contributed by atoms with Crippen LogP contribution in [0.25, 0.3) is 5.69 Å². The fourth-order valence-electron chi connectivity index (χ4n) is 4.60. The Labute approximate surface area is 201 Å². The maximum Gasteiger partial charge on any atom is 0.416 e. The van der Waals surface area contributed by atoms with Crippen LogP contribution >= 0.6 is 0 Å². The molecule has 2 N–H and O–H groups in total. The molecule has 1 amide bonds.